The highest BCUT2D eigenvalue weighted by Gasteiger charge is 2.42. The first-order valence-corrected chi connectivity index (χ1v) is 12.1. The lowest BCUT2D eigenvalue weighted by Gasteiger charge is -2.30. The molecule has 0 saturated heterocycles. The minimum atomic E-state index is -5.13. The van der Waals surface area contributed by atoms with Gasteiger partial charge in [-0.05, 0) is 49.2 Å². The second-order valence-corrected chi connectivity index (χ2v) is 10.3. The van der Waals surface area contributed by atoms with Crippen molar-refractivity contribution >= 4 is 46.8 Å². The summed E-state index contributed by atoms with van der Waals surface area (Å²) in [7, 11) is 0. The Labute approximate surface area is 237 Å². The Bertz CT molecular complexity index is 1240. The van der Waals surface area contributed by atoms with E-state index in [2.05, 4.69) is 5.32 Å². The molecule has 2 rings (SSSR count). The van der Waals surface area contributed by atoms with E-state index in [1.807, 2.05) is 0 Å². The maximum atomic E-state index is 13.7. The lowest BCUT2D eigenvalue weighted by molar-refractivity contribution is -0.218. The van der Waals surface area contributed by atoms with E-state index in [1.165, 1.54) is 0 Å². The van der Waals surface area contributed by atoms with Gasteiger partial charge in [-0.2, -0.15) is 39.5 Å². The number of aliphatic hydroxyl groups excluding tert-OH is 1. The fraction of sp³-hybridized carbons (Fsp3) is 0.375. The van der Waals surface area contributed by atoms with E-state index in [4.69, 9.17) is 39.9 Å². The molecule has 40 heavy (non-hydrogen) atoms. The Morgan fingerprint density at radius 1 is 0.925 bits per heavy atom. The average Bonchev–Trinajstić information content (AvgIpc) is 2.78. The van der Waals surface area contributed by atoms with Crippen LogP contribution in [0.2, 0.25) is 15.1 Å². The van der Waals surface area contributed by atoms with Crippen molar-refractivity contribution in [3.8, 4) is 0 Å². The molecule has 4 nitrogen and oxygen atoms in total. The van der Waals surface area contributed by atoms with E-state index in [-0.39, 0.29) is 20.6 Å². The van der Waals surface area contributed by atoms with Crippen molar-refractivity contribution in [1.82, 2.24) is 10.6 Å². The summed E-state index contributed by atoms with van der Waals surface area (Å²) >= 11 is 17.4. The molecular weight excluding hydrogens is 626 g/mol. The first kappa shape index (κ1) is 34.0. The number of aliphatic hydroxyl groups is 1. The molecule has 0 aliphatic rings. The van der Waals surface area contributed by atoms with E-state index < -0.39 is 65.4 Å². The number of carbonyl (C=O) groups excluding carboxylic acids is 1. The van der Waals surface area contributed by atoms with Gasteiger partial charge in [0, 0.05) is 12.1 Å². The van der Waals surface area contributed by atoms with Crippen LogP contribution in [0.1, 0.15) is 46.8 Å². The maximum absolute atomic E-state index is 13.7. The van der Waals surface area contributed by atoms with E-state index in [9.17, 15) is 44.3 Å². The van der Waals surface area contributed by atoms with Crippen LogP contribution >= 0.6 is 34.8 Å². The minimum Gasteiger partial charge on any atom is -0.370 e. The van der Waals surface area contributed by atoms with E-state index >= 15 is 0 Å². The largest absolute Gasteiger partial charge is 0.427 e. The maximum Gasteiger partial charge on any atom is 0.427 e. The van der Waals surface area contributed by atoms with Gasteiger partial charge in [0.1, 0.15) is 0 Å². The number of rotatable bonds is 8. The number of hydrogen-bond acceptors (Lipinski definition) is 3. The normalized spacial score (nSPS) is 14.9. The van der Waals surface area contributed by atoms with Gasteiger partial charge >= 0.3 is 18.5 Å². The Balaban J connectivity index is 2.36. The summed E-state index contributed by atoms with van der Waals surface area (Å²) in [5.41, 5.74) is -4.82. The molecule has 3 N–H and O–H groups in total. The van der Waals surface area contributed by atoms with Crippen molar-refractivity contribution in [3.05, 3.63) is 73.7 Å². The molecule has 1 amide bonds. The van der Waals surface area contributed by atoms with E-state index in [0.29, 0.717) is 18.2 Å². The van der Waals surface area contributed by atoms with E-state index in [0.717, 1.165) is 38.1 Å². The SMILES string of the molecule is CC(C)(CNC(=O)c1ccc(/C=C/C(c2cc(Cl)c(Cl)c(Cl)c2)C(F)(F)F)cc1C(F)(F)F)NC(O)C(F)(F)F. The van der Waals surface area contributed by atoms with Crippen LogP contribution in [0.15, 0.2) is 36.4 Å². The number of carbonyl (C=O) groups is 1. The van der Waals surface area contributed by atoms with Gasteiger partial charge in [-0.1, -0.05) is 53.0 Å². The third kappa shape index (κ3) is 9.16. The van der Waals surface area contributed by atoms with Crippen LogP contribution in [0.25, 0.3) is 6.08 Å². The first-order chi connectivity index (χ1) is 18.0. The van der Waals surface area contributed by atoms with Gasteiger partial charge in [-0.15, -0.1) is 0 Å². The van der Waals surface area contributed by atoms with Crippen LogP contribution in [0.3, 0.4) is 0 Å². The Morgan fingerprint density at radius 3 is 1.95 bits per heavy atom. The van der Waals surface area contributed by atoms with Crippen LogP contribution in [0, 0.1) is 0 Å². The molecular formula is C24H20Cl3F9N2O2. The van der Waals surface area contributed by atoms with Crippen molar-refractivity contribution < 1.29 is 49.4 Å². The molecule has 0 fully saturated rings. The molecule has 222 valence electrons. The van der Waals surface area contributed by atoms with Crippen LogP contribution in [-0.4, -0.2) is 41.7 Å². The third-order valence-electron chi connectivity index (χ3n) is 5.32. The molecule has 0 spiro atoms. The second kappa shape index (κ2) is 12.4. The van der Waals surface area contributed by atoms with Gasteiger partial charge in [0.2, 0.25) is 6.23 Å². The zero-order valence-electron chi connectivity index (χ0n) is 20.3. The predicted molar refractivity (Wildman–Crippen MR) is 132 cm³/mol. The fourth-order valence-corrected chi connectivity index (χ4v) is 3.98. The molecule has 2 aromatic rings. The molecule has 2 unspecified atom stereocenters. The lowest BCUT2D eigenvalue weighted by Crippen LogP contribution is -2.57. The van der Waals surface area contributed by atoms with Crippen molar-refractivity contribution in [2.75, 3.05) is 6.54 Å². The van der Waals surface area contributed by atoms with Gasteiger partial charge in [-0.3, -0.25) is 10.1 Å². The fourth-order valence-electron chi connectivity index (χ4n) is 3.37. The number of halogens is 12. The van der Waals surface area contributed by atoms with Gasteiger partial charge < -0.3 is 10.4 Å². The standard InChI is InChI=1S/C24H20Cl3F9N2O2/c1-21(2,38-20(40)24(34,35)36)10-37-19(39)13-5-3-11(7-15(13)23(31,32)33)4-6-14(22(28,29)30)12-8-16(25)18(27)17(26)9-12/h3-9,14,20,38,40H,10H2,1-2H3,(H,37,39)/b6-4+. The van der Waals surface area contributed by atoms with Crippen LogP contribution in [0.5, 0.6) is 0 Å². The van der Waals surface area contributed by atoms with Gasteiger partial charge in [0.15, 0.2) is 0 Å². The second-order valence-electron chi connectivity index (χ2n) is 9.13. The summed E-state index contributed by atoms with van der Waals surface area (Å²) in [6.07, 6.45) is -16.7. The molecule has 0 aliphatic carbocycles. The number of benzene rings is 2. The molecule has 0 saturated carbocycles. The van der Waals surface area contributed by atoms with Crippen molar-refractivity contribution in [2.24, 2.45) is 0 Å². The number of alkyl halides is 9. The highest BCUT2D eigenvalue weighted by Crippen LogP contribution is 2.41. The zero-order valence-corrected chi connectivity index (χ0v) is 22.6. The average molecular weight is 646 g/mol. The summed E-state index contributed by atoms with van der Waals surface area (Å²) in [6.45, 7) is 1.68. The molecule has 2 atom stereocenters. The number of nitrogens with one attached hydrogen (secondary N) is 2. The summed E-state index contributed by atoms with van der Waals surface area (Å²) in [5, 5.41) is 12.3. The van der Waals surface area contributed by atoms with Crippen LogP contribution < -0.4 is 10.6 Å². The first-order valence-electron chi connectivity index (χ1n) is 10.9. The lowest BCUT2D eigenvalue weighted by atomic mass is 9.96. The van der Waals surface area contributed by atoms with Crippen molar-refractivity contribution in [1.29, 1.82) is 0 Å². The van der Waals surface area contributed by atoms with Gasteiger partial charge in [0.25, 0.3) is 5.91 Å². The number of allylic oxidation sites excluding steroid dienone is 1. The topological polar surface area (TPSA) is 61.4 Å². The molecule has 0 aromatic heterocycles. The third-order valence-corrected chi connectivity index (χ3v) is 6.52. The van der Waals surface area contributed by atoms with Gasteiger partial charge in [-0.25, -0.2) is 0 Å². The predicted octanol–water partition coefficient (Wildman–Crippen LogP) is 8.00. The van der Waals surface area contributed by atoms with Crippen LogP contribution in [0.4, 0.5) is 39.5 Å². The molecule has 0 bridgehead atoms. The number of amides is 1. The smallest absolute Gasteiger partial charge is 0.370 e. The monoisotopic (exact) mass is 644 g/mol. The molecule has 0 radical (unpaired) electrons. The van der Waals surface area contributed by atoms with Crippen LogP contribution in [-0.2, 0) is 6.18 Å². The Kier molecular flexibility index (Phi) is 10.5. The minimum absolute atomic E-state index is 0.184. The Morgan fingerprint density at radius 2 is 1.48 bits per heavy atom. The van der Waals surface area contributed by atoms with Crippen molar-refractivity contribution in [2.45, 2.75) is 50.1 Å². The molecule has 0 heterocycles. The van der Waals surface area contributed by atoms with E-state index in [1.54, 1.807) is 5.32 Å². The summed E-state index contributed by atoms with van der Waals surface area (Å²) in [4.78, 5) is 12.5. The number of hydrogen-bond donors (Lipinski definition) is 3. The summed E-state index contributed by atoms with van der Waals surface area (Å²) in [5.74, 6) is -3.66. The molecule has 16 heteroatoms. The molecule has 2 aromatic carbocycles. The quantitative estimate of drug-likeness (QED) is 0.155. The highest BCUT2D eigenvalue weighted by molar-refractivity contribution is 6.48. The Hall–Kier alpha value is -2.19. The van der Waals surface area contributed by atoms with Crippen molar-refractivity contribution in [3.63, 3.8) is 0 Å². The molecule has 0 aliphatic heterocycles. The zero-order chi connectivity index (χ0) is 30.8. The van der Waals surface area contributed by atoms with Gasteiger partial charge in [0.05, 0.1) is 32.1 Å². The summed E-state index contributed by atoms with van der Waals surface area (Å²) in [6, 6.07) is 3.93. The summed E-state index contributed by atoms with van der Waals surface area (Å²) < 4.78 is 120. The highest BCUT2D eigenvalue weighted by atomic mass is 35.5.